The summed E-state index contributed by atoms with van der Waals surface area (Å²) in [6.07, 6.45) is 2.87. The Morgan fingerprint density at radius 1 is 1.50 bits per heavy atom. The molecule has 0 N–H and O–H groups in total. The normalized spacial score (nSPS) is 8.60. The number of pyridine rings is 1. The van der Waals surface area contributed by atoms with Crippen LogP contribution in [0, 0.1) is 6.92 Å². The van der Waals surface area contributed by atoms with Gasteiger partial charge in [-0.2, -0.15) is 0 Å². The van der Waals surface area contributed by atoms with E-state index < -0.39 is 0 Å². The Kier molecular flexibility index (Phi) is 4.96. The maximum absolute atomic E-state index is 4.20. The average Bonchev–Trinajstić information content (AvgIpc) is 1.89. The molecule has 0 spiro atoms. The Hall–Kier alpha value is 0.150. The summed E-state index contributed by atoms with van der Waals surface area (Å²) in [7, 11) is 0. The van der Waals surface area contributed by atoms with Crippen LogP contribution in [0.3, 0.4) is 0 Å². The molecule has 0 aliphatic carbocycles. The Morgan fingerprint density at radius 3 is 2.60 bits per heavy atom. The van der Waals surface area contributed by atoms with Crippen LogP contribution in [-0.4, -0.2) is 34.5 Å². The van der Waals surface area contributed by atoms with Gasteiger partial charge in [0.25, 0.3) is 0 Å². The van der Waals surface area contributed by atoms with Crippen LogP contribution >= 0.6 is 0 Å². The predicted octanol–water partition coefficient (Wildman–Crippen LogP) is 1.30. The van der Waals surface area contributed by atoms with Gasteiger partial charge in [-0.15, -0.1) is 0 Å². The van der Waals surface area contributed by atoms with E-state index in [-0.39, 0.29) is 29.6 Å². The molecule has 0 aliphatic rings. The van der Waals surface area contributed by atoms with Crippen LogP contribution in [0.5, 0.6) is 0 Å². The summed E-state index contributed by atoms with van der Waals surface area (Å²) in [5.41, 5.74) is 2.50. The molecule has 50 valence electrons. The summed E-state index contributed by atoms with van der Waals surface area (Å²) >= 11 is 0. The van der Waals surface area contributed by atoms with Crippen LogP contribution in [0.25, 0.3) is 0 Å². The molecule has 10 heavy (non-hydrogen) atoms. The molecular weight excluding hydrogens is 133 g/mol. The van der Waals surface area contributed by atoms with E-state index in [4.69, 9.17) is 0 Å². The first-order valence-electron chi connectivity index (χ1n) is 3.25. The molecule has 1 aromatic rings. The van der Waals surface area contributed by atoms with Crippen molar-refractivity contribution >= 4 is 29.6 Å². The first kappa shape index (κ1) is 10.2. The van der Waals surface area contributed by atoms with E-state index in [0.717, 1.165) is 6.42 Å². The van der Waals surface area contributed by atoms with Gasteiger partial charge in [0.15, 0.2) is 0 Å². The molecule has 0 unspecified atom stereocenters. The fourth-order valence-corrected chi connectivity index (χ4v) is 0.889. The van der Waals surface area contributed by atoms with E-state index in [1.54, 1.807) is 0 Å². The second-order valence-electron chi connectivity index (χ2n) is 2.12. The van der Waals surface area contributed by atoms with Gasteiger partial charge in [-0.3, -0.25) is 4.98 Å². The van der Waals surface area contributed by atoms with E-state index in [1.807, 2.05) is 12.3 Å². The molecule has 2 heteroatoms. The molecule has 0 bridgehead atoms. The molecule has 0 aromatic carbocycles. The zero-order valence-corrected chi connectivity index (χ0v) is 5.89. The standard InChI is InChI=1S/C8H11N.Na.H/c1-3-8-7(2)5-4-6-9-8;;/h4-6H,3H2,1-2H3;;. The molecular formula is C8H12NNa. The average molecular weight is 145 g/mol. The van der Waals surface area contributed by atoms with E-state index >= 15 is 0 Å². The van der Waals surface area contributed by atoms with Gasteiger partial charge in [0.2, 0.25) is 0 Å². The quantitative estimate of drug-likeness (QED) is 0.543. The number of nitrogens with zero attached hydrogens (tertiary/aromatic N) is 1. The molecule has 1 aromatic heterocycles. The summed E-state index contributed by atoms with van der Waals surface area (Å²) < 4.78 is 0. The monoisotopic (exact) mass is 145 g/mol. The van der Waals surface area contributed by atoms with E-state index in [0.29, 0.717) is 0 Å². The van der Waals surface area contributed by atoms with Gasteiger partial charge in [-0.1, -0.05) is 13.0 Å². The Labute approximate surface area is 84.2 Å². The van der Waals surface area contributed by atoms with Crippen molar-refractivity contribution in [3.8, 4) is 0 Å². The Balaban J connectivity index is 0.000000810. The van der Waals surface area contributed by atoms with Gasteiger partial charge >= 0.3 is 29.6 Å². The van der Waals surface area contributed by atoms with E-state index in [1.165, 1.54) is 11.3 Å². The molecule has 0 atom stereocenters. The van der Waals surface area contributed by atoms with E-state index in [9.17, 15) is 0 Å². The van der Waals surface area contributed by atoms with Gasteiger partial charge in [0.1, 0.15) is 0 Å². The van der Waals surface area contributed by atoms with Crippen molar-refractivity contribution in [1.82, 2.24) is 4.98 Å². The van der Waals surface area contributed by atoms with Crippen molar-refractivity contribution in [3.63, 3.8) is 0 Å². The molecule has 1 nitrogen and oxygen atoms in total. The van der Waals surface area contributed by atoms with Crippen LogP contribution in [0.2, 0.25) is 0 Å². The maximum atomic E-state index is 4.20. The third-order valence-corrected chi connectivity index (χ3v) is 1.45. The van der Waals surface area contributed by atoms with Crippen LogP contribution < -0.4 is 0 Å². The fourth-order valence-electron chi connectivity index (χ4n) is 0.889. The topological polar surface area (TPSA) is 12.9 Å². The summed E-state index contributed by atoms with van der Waals surface area (Å²) in [5, 5.41) is 0. The van der Waals surface area contributed by atoms with Crippen molar-refractivity contribution < 1.29 is 0 Å². The van der Waals surface area contributed by atoms with E-state index in [2.05, 4.69) is 24.9 Å². The van der Waals surface area contributed by atoms with Crippen molar-refractivity contribution in [2.45, 2.75) is 20.3 Å². The number of aromatic nitrogens is 1. The second-order valence-corrected chi connectivity index (χ2v) is 2.12. The number of aryl methyl sites for hydroxylation is 2. The van der Waals surface area contributed by atoms with Gasteiger partial charge in [0, 0.05) is 11.9 Å². The summed E-state index contributed by atoms with van der Waals surface area (Å²) in [4.78, 5) is 4.20. The van der Waals surface area contributed by atoms with Crippen LogP contribution in [0.1, 0.15) is 18.2 Å². The Morgan fingerprint density at radius 2 is 2.20 bits per heavy atom. The molecule has 1 rings (SSSR count). The minimum absolute atomic E-state index is 0. The number of rotatable bonds is 1. The van der Waals surface area contributed by atoms with Gasteiger partial charge in [-0.25, -0.2) is 0 Å². The third-order valence-electron chi connectivity index (χ3n) is 1.45. The van der Waals surface area contributed by atoms with Crippen molar-refractivity contribution in [3.05, 3.63) is 29.6 Å². The second kappa shape index (κ2) is 4.89. The van der Waals surface area contributed by atoms with Crippen molar-refractivity contribution in [2.75, 3.05) is 0 Å². The molecule has 0 saturated carbocycles. The van der Waals surface area contributed by atoms with Gasteiger partial charge in [-0.05, 0) is 25.0 Å². The predicted molar refractivity (Wildman–Crippen MR) is 45.5 cm³/mol. The zero-order chi connectivity index (χ0) is 6.69. The minimum atomic E-state index is 0. The molecule has 0 saturated heterocycles. The van der Waals surface area contributed by atoms with Gasteiger partial charge < -0.3 is 0 Å². The van der Waals surface area contributed by atoms with Crippen molar-refractivity contribution in [1.29, 1.82) is 0 Å². The molecule has 0 fully saturated rings. The first-order chi connectivity index (χ1) is 4.34. The van der Waals surface area contributed by atoms with Crippen LogP contribution in [0.15, 0.2) is 18.3 Å². The SMILES string of the molecule is CCc1ncccc1C.[NaH]. The summed E-state index contributed by atoms with van der Waals surface area (Å²) in [5.74, 6) is 0. The van der Waals surface area contributed by atoms with Crippen LogP contribution in [-0.2, 0) is 6.42 Å². The Bertz CT molecular complexity index is 198. The molecule has 0 radical (unpaired) electrons. The third kappa shape index (κ3) is 2.41. The molecule has 0 amide bonds. The summed E-state index contributed by atoms with van der Waals surface area (Å²) in [6.45, 7) is 4.21. The molecule has 0 aliphatic heterocycles. The number of hydrogen-bond acceptors (Lipinski definition) is 1. The van der Waals surface area contributed by atoms with Gasteiger partial charge in [0.05, 0.1) is 0 Å². The number of hydrogen-bond donors (Lipinski definition) is 0. The zero-order valence-electron chi connectivity index (χ0n) is 5.89. The fraction of sp³-hybridized carbons (Fsp3) is 0.375. The van der Waals surface area contributed by atoms with Crippen molar-refractivity contribution in [2.24, 2.45) is 0 Å². The summed E-state index contributed by atoms with van der Waals surface area (Å²) in [6, 6.07) is 4.06. The first-order valence-corrected chi connectivity index (χ1v) is 3.25. The van der Waals surface area contributed by atoms with Crippen LogP contribution in [0.4, 0.5) is 0 Å². The molecule has 1 heterocycles.